The van der Waals surface area contributed by atoms with Crippen LogP contribution in [0, 0.1) is 0 Å². The second kappa shape index (κ2) is 11.2. The molecule has 0 fully saturated rings. The van der Waals surface area contributed by atoms with Crippen LogP contribution in [0.25, 0.3) is 5.57 Å². The molecule has 0 bridgehead atoms. The van der Waals surface area contributed by atoms with Crippen molar-refractivity contribution in [2.45, 2.75) is 26.7 Å². The van der Waals surface area contributed by atoms with Crippen molar-refractivity contribution >= 4 is 11.3 Å². The van der Waals surface area contributed by atoms with Crippen LogP contribution in [-0.4, -0.2) is 19.8 Å². The average Bonchev–Trinajstić information content (AvgIpc) is 2.78. The van der Waals surface area contributed by atoms with Crippen LogP contribution in [0.2, 0.25) is 0 Å². The minimum absolute atomic E-state index is 0.727. The summed E-state index contributed by atoms with van der Waals surface area (Å²) in [6, 6.07) is 30.3. The summed E-state index contributed by atoms with van der Waals surface area (Å²) in [7, 11) is 0. The van der Waals surface area contributed by atoms with E-state index in [9.17, 15) is 0 Å². The number of anilines is 1. The highest BCUT2D eigenvalue weighted by Crippen LogP contribution is 2.31. The topological polar surface area (TPSA) is 21.3 Å². The minimum atomic E-state index is 0.727. The first-order valence-corrected chi connectivity index (χ1v) is 10.5. The number of nitrogens with one attached hydrogen (secondary N) is 1. The summed E-state index contributed by atoms with van der Waals surface area (Å²) in [6.07, 6.45) is 1.99. The number of allylic oxidation sites excluding steroid dienone is 1. The fraction of sp³-hybridized carbons (Fsp3) is 0.259. The predicted octanol–water partition coefficient (Wildman–Crippen LogP) is 6.59. The van der Waals surface area contributed by atoms with Gasteiger partial charge in [0.15, 0.2) is 0 Å². The summed E-state index contributed by atoms with van der Waals surface area (Å²) >= 11 is 0. The fourth-order valence-electron chi connectivity index (χ4n) is 3.58. The van der Waals surface area contributed by atoms with Crippen LogP contribution in [0.1, 0.15) is 37.0 Å². The van der Waals surface area contributed by atoms with Crippen molar-refractivity contribution in [3.8, 4) is 0 Å². The molecule has 150 valence electrons. The van der Waals surface area contributed by atoms with E-state index < -0.39 is 0 Å². The number of hydrogen-bond acceptors (Lipinski definition) is 2. The fourth-order valence-corrected chi connectivity index (χ4v) is 3.58. The van der Waals surface area contributed by atoms with Crippen molar-refractivity contribution < 1.29 is 4.74 Å². The molecule has 0 radical (unpaired) electrons. The van der Waals surface area contributed by atoms with Gasteiger partial charge in [-0.05, 0) is 54.2 Å². The quantitative estimate of drug-likeness (QED) is 0.398. The van der Waals surface area contributed by atoms with Crippen LogP contribution in [0.3, 0.4) is 0 Å². The van der Waals surface area contributed by atoms with E-state index in [1.54, 1.807) is 0 Å². The van der Waals surface area contributed by atoms with Gasteiger partial charge in [0.05, 0.1) is 6.61 Å². The van der Waals surface area contributed by atoms with Gasteiger partial charge in [-0.15, -0.1) is 0 Å². The lowest BCUT2D eigenvalue weighted by Gasteiger charge is -2.17. The SMILES string of the molecule is CCOCCNc1ccc(/C(=C(/CC)Cc2ccccc2)c2ccccc2)cc1. The zero-order chi connectivity index (χ0) is 20.3. The van der Waals surface area contributed by atoms with Gasteiger partial charge >= 0.3 is 0 Å². The van der Waals surface area contributed by atoms with Gasteiger partial charge in [0.25, 0.3) is 0 Å². The van der Waals surface area contributed by atoms with Gasteiger partial charge < -0.3 is 10.1 Å². The first kappa shape index (κ1) is 20.9. The molecule has 0 spiro atoms. The maximum Gasteiger partial charge on any atom is 0.0638 e. The summed E-state index contributed by atoms with van der Waals surface area (Å²) < 4.78 is 5.41. The van der Waals surface area contributed by atoms with Crippen LogP contribution < -0.4 is 5.32 Å². The molecule has 0 aliphatic rings. The van der Waals surface area contributed by atoms with Gasteiger partial charge in [0, 0.05) is 18.8 Å². The average molecular weight is 386 g/mol. The Morgan fingerprint density at radius 2 is 1.38 bits per heavy atom. The zero-order valence-electron chi connectivity index (χ0n) is 17.5. The van der Waals surface area contributed by atoms with E-state index >= 15 is 0 Å². The molecule has 1 N–H and O–H groups in total. The van der Waals surface area contributed by atoms with Gasteiger partial charge in [0.2, 0.25) is 0 Å². The van der Waals surface area contributed by atoms with E-state index in [-0.39, 0.29) is 0 Å². The molecule has 0 heterocycles. The maximum atomic E-state index is 5.41. The Bertz CT molecular complexity index is 883. The normalized spacial score (nSPS) is 11.8. The molecule has 0 aromatic heterocycles. The van der Waals surface area contributed by atoms with E-state index in [0.29, 0.717) is 0 Å². The first-order valence-electron chi connectivity index (χ1n) is 10.5. The van der Waals surface area contributed by atoms with Gasteiger partial charge in [0.1, 0.15) is 0 Å². The highest BCUT2D eigenvalue weighted by molar-refractivity contribution is 5.83. The van der Waals surface area contributed by atoms with E-state index in [1.807, 2.05) is 6.92 Å². The third-order valence-corrected chi connectivity index (χ3v) is 5.06. The number of hydrogen-bond donors (Lipinski definition) is 1. The Balaban J connectivity index is 1.91. The Morgan fingerprint density at radius 3 is 2.00 bits per heavy atom. The van der Waals surface area contributed by atoms with Crippen molar-refractivity contribution in [1.29, 1.82) is 0 Å². The Kier molecular flexibility index (Phi) is 8.09. The molecule has 0 unspecified atom stereocenters. The molecule has 2 heteroatoms. The largest absolute Gasteiger partial charge is 0.383 e. The number of benzene rings is 3. The Labute approximate surface area is 175 Å². The lowest BCUT2D eigenvalue weighted by atomic mass is 9.88. The van der Waals surface area contributed by atoms with Crippen molar-refractivity contribution in [3.05, 3.63) is 107 Å². The smallest absolute Gasteiger partial charge is 0.0638 e. The molecular weight excluding hydrogens is 354 g/mol. The molecular formula is C27H31NO. The van der Waals surface area contributed by atoms with Crippen molar-refractivity contribution in [2.24, 2.45) is 0 Å². The minimum Gasteiger partial charge on any atom is -0.383 e. The molecule has 29 heavy (non-hydrogen) atoms. The summed E-state index contributed by atoms with van der Waals surface area (Å²) in [5, 5.41) is 3.43. The summed E-state index contributed by atoms with van der Waals surface area (Å²) in [6.45, 7) is 6.58. The van der Waals surface area contributed by atoms with E-state index in [4.69, 9.17) is 4.74 Å². The summed E-state index contributed by atoms with van der Waals surface area (Å²) in [4.78, 5) is 0. The monoisotopic (exact) mass is 385 g/mol. The molecule has 0 aliphatic carbocycles. The molecule has 0 atom stereocenters. The maximum absolute atomic E-state index is 5.41. The number of ether oxygens (including phenoxy) is 1. The van der Waals surface area contributed by atoms with Gasteiger partial charge in [-0.2, -0.15) is 0 Å². The molecule has 2 nitrogen and oxygen atoms in total. The summed E-state index contributed by atoms with van der Waals surface area (Å²) in [5.41, 5.74) is 7.82. The standard InChI is InChI=1S/C27H31NO/c1-3-23(21-22-11-7-5-8-12-22)27(24-13-9-6-10-14-24)25-15-17-26(18-16-25)28-19-20-29-4-2/h5-18,28H,3-4,19-21H2,1-2H3/b27-23-. The zero-order valence-corrected chi connectivity index (χ0v) is 17.5. The Hall–Kier alpha value is -2.84. The third-order valence-electron chi connectivity index (χ3n) is 5.06. The third kappa shape index (κ3) is 6.07. The number of rotatable bonds is 10. The van der Waals surface area contributed by atoms with Crippen LogP contribution in [0.5, 0.6) is 0 Å². The van der Waals surface area contributed by atoms with E-state index in [0.717, 1.165) is 38.3 Å². The Morgan fingerprint density at radius 1 is 0.759 bits per heavy atom. The molecule has 3 aromatic rings. The molecule has 0 saturated carbocycles. The lowest BCUT2D eigenvalue weighted by molar-refractivity contribution is 0.158. The molecule has 3 aromatic carbocycles. The second-order valence-electron chi connectivity index (χ2n) is 7.06. The van der Waals surface area contributed by atoms with Crippen molar-refractivity contribution in [2.75, 3.05) is 25.1 Å². The highest BCUT2D eigenvalue weighted by Gasteiger charge is 2.12. The summed E-state index contributed by atoms with van der Waals surface area (Å²) in [5.74, 6) is 0. The molecule has 0 aliphatic heterocycles. The van der Waals surface area contributed by atoms with Crippen molar-refractivity contribution in [3.63, 3.8) is 0 Å². The second-order valence-corrected chi connectivity index (χ2v) is 7.06. The van der Waals surface area contributed by atoms with Gasteiger partial charge in [-0.3, -0.25) is 0 Å². The van der Waals surface area contributed by atoms with Gasteiger partial charge in [-0.1, -0.05) is 85.3 Å². The van der Waals surface area contributed by atoms with Crippen molar-refractivity contribution in [1.82, 2.24) is 0 Å². The molecule has 0 amide bonds. The first-order chi connectivity index (χ1) is 14.3. The van der Waals surface area contributed by atoms with Crippen LogP contribution in [-0.2, 0) is 11.2 Å². The van der Waals surface area contributed by atoms with E-state index in [2.05, 4.69) is 97.2 Å². The lowest BCUT2D eigenvalue weighted by Crippen LogP contribution is -2.09. The molecule has 0 saturated heterocycles. The van der Waals surface area contributed by atoms with E-state index in [1.165, 1.54) is 27.8 Å². The molecule has 3 rings (SSSR count). The van der Waals surface area contributed by atoms with Crippen LogP contribution >= 0.6 is 0 Å². The predicted molar refractivity (Wildman–Crippen MR) is 124 cm³/mol. The van der Waals surface area contributed by atoms with Gasteiger partial charge in [-0.25, -0.2) is 0 Å². The highest BCUT2D eigenvalue weighted by atomic mass is 16.5. The van der Waals surface area contributed by atoms with Crippen LogP contribution in [0.4, 0.5) is 5.69 Å². The van der Waals surface area contributed by atoms with Crippen LogP contribution in [0.15, 0.2) is 90.5 Å².